The zero-order chi connectivity index (χ0) is 17.0. The lowest BCUT2D eigenvalue weighted by atomic mass is 9.76. The zero-order valence-corrected chi connectivity index (χ0v) is 13.9. The maximum absolute atomic E-state index is 12.5. The molecule has 24 heavy (non-hydrogen) atoms. The molecule has 0 saturated carbocycles. The summed E-state index contributed by atoms with van der Waals surface area (Å²) in [6.07, 6.45) is 1.81. The summed E-state index contributed by atoms with van der Waals surface area (Å²) in [5.74, 6) is -0.466. The first-order valence-electron chi connectivity index (χ1n) is 8.34. The number of ether oxygens (including phenoxy) is 1. The van der Waals surface area contributed by atoms with E-state index < -0.39 is 11.6 Å². The number of carboxylic acids is 1. The Bertz CT molecular complexity index is 674. The van der Waals surface area contributed by atoms with Crippen LogP contribution < -0.4 is 4.74 Å². The lowest BCUT2D eigenvalue weighted by molar-refractivity contribution is -0.164. The number of hydrogen-bond acceptors (Lipinski definition) is 3. The summed E-state index contributed by atoms with van der Waals surface area (Å²) >= 11 is 0. The van der Waals surface area contributed by atoms with Gasteiger partial charge in [-0.05, 0) is 38.6 Å². The number of carboxylic acid groups (broad SMARTS) is 1. The highest BCUT2D eigenvalue weighted by molar-refractivity contribution is 5.80. The predicted molar refractivity (Wildman–Crippen MR) is 93.0 cm³/mol. The molecule has 0 spiro atoms. The molecule has 1 fully saturated rings. The van der Waals surface area contributed by atoms with Gasteiger partial charge in [-0.2, -0.15) is 0 Å². The van der Waals surface area contributed by atoms with E-state index in [4.69, 9.17) is 4.74 Å². The molecule has 2 unspecified atom stereocenters. The van der Waals surface area contributed by atoms with Gasteiger partial charge in [-0.1, -0.05) is 48.5 Å². The molecule has 0 bridgehead atoms. The predicted octanol–water partition coefficient (Wildman–Crippen LogP) is 3.39. The van der Waals surface area contributed by atoms with Crippen LogP contribution in [0.25, 0.3) is 0 Å². The molecular weight excluding hydrogens is 302 g/mol. The van der Waals surface area contributed by atoms with Gasteiger partial charge < -0.3 is 14.7 Å². The van der Waals surface area contributed by atoms with Crippen molar-refractivity contribution < 1.29 is 14.6 Å². The largest absolute Gasteiger partial charge is 0.478 e. The summed E-state index contributed by atoms with van der Waals surface area (Å²) in [6.45, 7) is 1.69. The van der Waals surface area contributed by atoms with Crippen molar-refractivity contribution in [2.24, 2.45) is 5.92 Å². The van der Waals surface area contributed by atoms with Gasteiger partial charge in [0.15, 0.2) is 0 Å². The van der Waals surface area contributed by atoms with Gasteiger partial charge in [0, 0.05) is 18.0 Å². The molecule has 3 rings (SSSR count). The van der Waals surface area contributed by atoms with Crippen LogP contribution in [0, 0.1) is 5.92 Å². The molecule has 2 atom stereocenters. The molecule has 0 aromatic heterocycles. The second kappa shape index (κ2) is 7.05. The first kappa shape index (κ1) is 16.5. The number of likely N-dealkylation sites (tertiary alicyclic amines) is 1. The Morgan fingerprint density at radius 1 is 1.12 bits per heavy atom. The monoisotopic (exact) mass is 325 g/mol. The molecular formula is C20H23NO3. The first-order chi connectivity index (χ1) is 11.6. The fourth-order valence-electron chi connectivity index (χ4n) is 3.58. The number of carbonyl (C=O) groups is 1. The summed E-state index contributed by atoms with van der Waals surface area (Å²) in [6, 6.07) is 18.6. The SMILES string of the molecule is CN1CCCC(C(Oc2ccccc2)(C(=O)O)c2ccccc2)C1. The molecule has 0 radical (unpaired) electrons. The van der Waals surface area contributed by atoms with Crippen LogP contribution in [0.2, 0.25) is 0 Å². The molecule has 1 aliphatic rings. The van der Waals surface area contributed by atoms with E-state index in [-0.39, 0.29) is 5.92 Å². The van der Waals surface area contributed by atoms with E-state index >= 15 is 0 Å². The van der Waals surface area contributed by atoms with Crippen LogP contribution in [0.1, 0.15) is 18.4 Å². The summed E-state index contributed by atoms with van der Waals surface area (Å²) in [5.41, 5.74) is -0.682. The number of benzene rings is 2. The first-order valence-corrected chi connectivity index (χ1v) is 8.34. The molecule has 2 aromatic carbocycles. The molecule has 0 aliphatic carbocycles. The van der Waals surface area contributed by atoms with Gasteiger partial charge in [0.2, 0.25) is 5.60 Å². The molecule has 4 heteroatoms. The van der Waals surface area contributed by atoms with E-state index in [1.807, 2.05) is 67.7 Å². The Balaban J connectivity index is 2.08. The molecule has 1 saturated heterocycles. The van der Waals surface area contributed by atoms with Gasteiger partial charge in [-0.3, -0.25) is 0 Å². The van der Waals surface area contributed by atoms with Crippen molar-refractivity contribution in [3.05, 3.63) is 66.2 Å². The molecule has 1 aliphatic heterocycles. The maximum atomic E-state index is 12.5. The molecule has 126 valence electrons. The number of piperidine rings is 1. The molecule has 4 nitrogen and oxygen atoms in total. The fraction of sp³-hybridized carbons (Fsp3) is 0.350. The van der Waals surface area contributed by atoms with Crippen LogP contribution in [-0.4, -0.2) is 36.1 Å². The smallest absolute Gasteiger partial charge is 0.353 e. The average molecular weight is 325 g/mol. The number of para-hydroxylation sites is 1. The Morgan fingerprint density at radius 3 is 2.33 bits per heavy atom. The zero-order valence-electron chi connectivity index (χ0n) is 13.9. The molecule has 2 aromatic rings. The minimum absolute atomic E-state index is 0.114. The second-order valence-corrected chi connectivity index (χ2v) is 6.42. The van der Waals surface area contributed by atoms with Crippen LogP contribution in [0.3, 0.4) is 0 Å². The lowest BCUT2D eigenvalue weighted by Crippen LogP contribution is -2.53. The van der Waals surface area contributed by atoms with E-state index in [0.29, 0.717) is 17.9 Å². The van der Waals surface area contributed by atoms with Gasteiger partial charge in [0.25, 0.3) is 0 Å². The van der Waals surface area contributed by atoms with E-state index in [0.717, 1.165) is 19.4 Å². The topological polar surface area (TPSA) is 49.8 Å². The highest BCUT2D eigenvalue weighted by Crippen LogP contribution is 2.40. The summed E-state index contributed by atoms with van der Waals surface area (Å²) < 4.78 is 6.21. The summed E-state index contributed by atoms with van der Waals surface area (Å²) in [5, 5.41) is 10.2. The minimum Gasteiger partial charge on any atom is -0.478 e. The maximum Gasteiger partial charge on any atom is 0.353 e. The Morgan fingerprint density at radius 2 is 1.75 bits per heavy atom. The summed E-state index contributed by atoms with van der Waals surface area (Å²) in [4.78, 5) is 14.7. The van der Waals surface area contributed by atoms with Gasteiger partial charge in [0.1, 0.15) is 5.75 Å². The Hall–Kier alpha value is -2.33. The van der Waals surface area contributed by atoms with Gasteiger partial charge in [0.05, 0.1) is 0 Å². The third-order valence-corrected chi connectivity index (χ3v) is 4.74. The van der Waals surface area contributed by atoms with Crippen molar-refractivity contribution in [3.8, 4) is 5.75 Å². The highest BCUT2D eigenvalue weighted by Gasteiger charge is 2.51. The van der Waals surface area contributed by atoms with E-state index in [2.05, 4.69) is 4.90 Å². The van der Waals surface area contributed by atoms with E-state index in [1.54, 1.807) is 0 Å². The number of aliphatic carboxylic acids is 1. The molecule has 0 amide bonds. The minimum atomic E-state index is -1.38. The Kier molecular flexibility index (Phi) is 4.86. The van der Waals surface area contributed by atoms with Crippen molar-refractivity contribution >= 4 is 5.97 Å². The molecule has 1 heterocycles. The van der Waals surface area contributed by atoms with Crippen LogP contribution in [0.4, 0.5) is 0 Å². The van der Waals surface area contributed by atoms with E-state index in [1.165, 1.54) is 0 Å². The number of nitrogens with zero attached hydrogens (tertiary/aromatic N) is 1. The van der Waals surface area contributed by atoms with Gasteiger partial charge >= 0.3 is 5.97 Å². The lowest BCUT2D eigenvalue weighted by Gasteiger charge is -2.42. The quantitative estimate of drug-likeness (QED) is 0.915. The van der Waals surface area contributed by atoms with Crippen molar-refractivity contribution in [1.29, 1.82) is 0 Å². The summed E-state index contributed by atoms with van der Waals surface area (Å²) in [7, 11) is 2.03. The van der Waals surface area contributed by atoms with Crippen LogP contribution in [0.5, 0.6) is 5.75 Å². The third kappa shape index (κ3) is 3.15. The van der Waals surface area contributed by atoms with Gasteiger partial charge in [-0.25, -0.2) is 4.79 Å². The van der Waals surface area contributed by atoms with Gasteiger partial charge in [-0.15, -0.1) is 0 Å². The molecule has 1 N–H and O–H groups in total. The third-order valence-electron chi connectivity index (χ3n) is 4.74. The van der Waals surface area contributed by atoms with Crippen LogP contribution in [-0.2, 0) is 10.4 Å². The average Bonchev–Trinajstić information content (AvgIpc) is 2.61. The van der Waals surface area contributed by atoms with Crippen molar-refractivity contribution in [2.75, 3.05) is 20.1 Å². The number of hydrogen-bond donors (Lipinski definition) is 1. The van der Waals surface area contributed by atoms with Crippen LogP contribution >= 0.6 is 0 Å². The Labute approximate surface area is 142 Å². The number of rotatable bonds is 5. The van der Waals surface area contributed by atoms with Crippen LogP contribution in [0.15, 0.2) is 60.7 Å². The fourth-order valence-corrected chi connectivity index (χ4v) is 3.58. The standard InChI is InChI=1S/C20H23NO3/c1-21-14-8-11-17(15-21)20(19(22)23,16-9-4-2-5-10-16)24-18-12-6-3-7-13-18/h2-7,9-10,12-13,17H,8,11,14-15H2,1H3,(H,22,23). The second-order valence-electron chi connectivity index (χ2n) is 6.42. The van der Waals surface area contributed by atoms with Crippen molar-refractivity contribution in [3.63, 3.8) is 0 Å². The van der Waals surface area contributed by atoms with E-state index in [9.17, 15) is 9.90 Å². The highest BCUT2D eigenvalue weighted by atomic mass is 16.5. The van der Waals surface area contributed by atoms with Crippen molar-refractivity contribution in [1.82, 2.24) is 4.90 Å². The van der Waals surface area contributed by atoms with Crippen molar-refractivity contribution in [2.45, 2.75) is 18.4 Å². The normalized spacial score (nSPS) is 21.0.